The highest BCUT2D eigenvalue weighted by molar-refractivity contribution is 5.99. The van der Waals surface area contributed by atoms with E-state index >= 15 is 0 Å². The van der Waals surface area contributed by atoms with Crippen LogP contribution >= 0.6 is 0 Å². The summed E-state index contributed by atoms with van der Waals surface area (Å²) in [5.74, 6) is -1.63. The van der Waals surface area contributed by atoms with Gasteiger partial charge in [-0.05, 0) is 31.2 Å². The number of halogens is 3. The number of ether oxygens (including phenoxy) is 1. The summed E-state index contributed by atoms with van der Waals surface area (Å²) in [4.78, 5) is 23.7. The van der Waals surface area contributed by atoms with Crippen LogP contribution in [0.25, 0.3) is 0 Å². The summed E-state index contributed by atoms with van der Waals surface area (Å²) >= 11 is 0. The molecule has 0 saturated carbocycles. The number of furan rings is 1. The van der Waals surface area contributed by atoms with Crippen molar-refractivity contribution in [2.75, 3.05) is 5.32 Å². The lowest BCUT2D eigenvalue weighted by atomic mass is 10.2. The molecule has 6 nitrogen and oxygen atoms in total. The summed E-state index contributed by atoms with van der Waals surface area (Å²) in [6.07, 6.45) is -3.52. The van der Waals surface area contributed by atoms with Crippen LogP contribution in [0, 0.1) is 0 Å². The van der Waals surface area contributed by atoms with E-state index in [2.05, 4.69) is 15.4 Å². The van der Waals surface area contributed by atoms with Gasteiger partial charge in [0.25, 0.3) is 5.91 Å². The third-order valence-corrected chi connectivity index (χ3v) is 2.82. The number of amides is 2. The minimum absolute atomic E-state index is 0.0372. The maximum absolute atomic E-state index is 12.2. The van der Waals surface area contributed by atoms with Gasteiger partial charge >= 0.3 is 6.36 Å². The number of benzene rings is 1. The van der Waals surface area contributed by atoms with E-state index in [4.69, 9.17) is 4.42 Å². The highest BCUT2D eigenvalue weighted by Crippen LogP contribution is 2.25. The van der Waals surface area contributed by atoms with Crippen LogP contribution in [0.15, 0.2) is 47.1 Å². The monoisotopic (exact) mass is 342 g/mol. The van der Waals surface area contributed by atoms with Crippen LogP contribution in [0.4, 0.5) is 18.9 Å². The second kappa shape index (κ2) is 7.07. The Kier molecular flexibility index (Phi) is 5.12. The van der Waals surface area contributed by atoms with Crippen LogP contribution in [0.3, 0.4) is 0 Å². The molecule has 1 aromatic carbocycles. The normalized spacial score (nSPS) is 12.3. The average molecular weight is 342 g/mol. The van der Waals surface area contributed by atoms with Gasteiger partial charge in [0.2, 0.25) is 5.91 Å². The van der Waals surface area contributed by atoms with E-state index in [-0.39, 0.29) is 11.4 Å². The van der Waals surface area contributed by atoms with E-state index in [0.29, 0.717) is 0 Å². The van der Waals surface area contributed by atoms with Crippen molar-refractivity contribution in [3.05, 3.63) is 48.4 Å². The Bertz CT molecular complexity index is 714. The fraction of sp³-hybridized carbons (Fsp3) is 0.200. The van der Waals surface area contributed by atoms with Crippen molar-refractivity contribution >= 4 is 17.5 Å². The highest BCUT2D eigenvalue weighted by atomic mass is 19.4. The molecule has 0 fully saturated rings. The zero-order chi connectivity index (χ0) is 17.7. The lowest BCUT2D eigenvalue weighted by Crippen LogP contribution is -2.41. The van der Waals surface area contributed by atoms with Crippen molar-refractivity contribution in [3.63, 3.8) is 0 Å². The molecule has 0 radical (unpaired) electrons. The molecule has 0 bridgehead atoms. The second-order valence-corrected chi connectivity index (χ2v) is 4.74. The number of carbonyl (C=O) groups excluding carboxylic acids is 2. The summed E-state index contributed by atoms with van der Waals surface area (Å²) < 4.78 is 45.2. The van der Waals surface area contributed by atoms with Gasteiger partial charge in [-0.15, -0.1) is 13.2 Å². The predicted octanol–water partition coefficient (Wildman–Crippen LogP) is 2.94. The molecule has 1 heterocycles. The summed E-state index contributed by atoms with van der Waals surface area (Å²) in [7, 11) is 0. The van der Waals surface area contributed by atoms with Crippen molar-refractivity contribution in [3.8, 4) is 5.75 Å². The Morgan fingerprint density at radius 1 is 1.21 bits per heavy atom. The molecule has 2 aromatic rings. The zero-order valence-corrected chi connectivity index (χ0v) is 12.4. The molecule has 1 atom stereocenters. The first-order valence-corrected chi connectivity index (χ1v) is 6.75. The Morgan fingerprint density at radius 2 is 1.96 bits per heavy atom. The molecule has 128 valence electrons. The maximum atomic E-state index is 12.2. The third-order valence-electron chi connectivity index (χ3n) is 2.82. The van der Waals surface area contributed by atoms with Crippen LogP contribution in [0.2, 0.25) is 0 Å². The second-order valence-electron chi connectivity index (χ2n) is 4.74. The fourth-order valence-electron chi connectivity index (χ4n) is 1.76. The van der Waals surface area contributed by atoms with E-state index in [0.717, 1.165) is 12.1 Å². The average Bonchev–Trinajstić information content (AvgIpc) is 2.99. The van der Waals surface area contributed by atoms with E-state index in [1.165, 1.54) is 37.5 Å². The van der Waals surface area contributed by atoms with Crippen molar-refractivity contribution in [1.29, 1.82) is 0 Å². The Hall–Kier alpha value is -2.97. The number of carbonyl (C=O) groups is 2. The lowest BCUT2D eigenvalue weighted by Gasteiger charge is -2.14. The Balaban J connectivity index is 1.96. The smallest absolute Gasteiger partial charge is 0.459 e. The van der Waals surface area contributed by atoms with E-state index in [9.17, 15) is 22.8 Å². The topological polar surface area (TPSA) is 80.6 Å². The molecule has 24 heavy (non-hydrogen) atoms. The maximum Gasteiger partial charge on any atom is 0.573 e. The molecule has 2 rings (SSSR count). The number of hydrogen-bond acceptors (Lipinski definition) is 4. The molecule has 0 saturated heterocycles. The largest absolute Gasteiger partial charge is 0.573 e. The first kappa shape index (κ1) is 17.4. The van der Waals surface area contributed by atoms with Gasteiger partial charge < -0.3 is 19.8 Å². The first-order valence-electron chi connectivity index (χ1n) is 6.75. The molecule has 9 heteroatoms. The number of alkyl halides is 3. The van der Waals surface area contributed by atoms with Gasteiger partial charge in [0, 0.05) is 11.8 Å². The first-order chi connectivity index (χ1) is 11.2. The molecule has 0 aliphatic rings. The molecule has 0 aliphatic heterocycles. The number of nitrogens with one attached hydrogen (secondary N) is 2. The molecular weight excluding hydrogens is 329 g/mol. The zero-order valence-electron chi connectivity index (χ0n) is 12.4. The van der Waals surface area contributed by atoms with Crippen LogP contribution in [0.1, 0.15) is 17.5 Å². The van der Waals surface area contributed by atoms with Gasteiger partial charge in [-0.25, -0.2) is 0 Å². The van der Waals surface area contributed by atoms with Crippen molar-refractivity contribution in [1.82, 2.24) is 5.32 Å². The summed E-state index contributed by atoms with van der Waals surface area (Å²) in [5.41, 5.74) is 0.0980. The molecule has 1 unspecified atom stereocenters. The lowest BCUT2D eigenvalue weighted by molar-refractivity contribution is -0.274. The van der Waals surface area contributed by atoms with E-state index in [1.807, 2.05) is 0 Å². The van der Waals surface area contributed by atoms with Crippen LogP contribution < -0.4 is 15.4 Å². The van der Waals surface area contributed by atoms with Gasteiger partial charge in [-0.1, -0.05) is 6.07 Å². The molecular formula is C15H13F3N2O4. The molecule has 2 N–H and O–H groups in total. The number of rotatable bonds is 5. The highest BCUT2D eigenvalue weighted by Gasteiger charge is 2.31. The van der Waals surface area contributed by atoms with Crippen molar-refractivity contribution < 1.29 is 31.9 Å². The third kappa shape index (κ3) is 5.04. The van der Waals surface area contributed by atoms with Crippen molar-refractivity contribution in [2.24, 2.45) is 0 Å². The van der Waals surface area contributed by atoms with Gasteiger partial charge in [-0.3, -0.25) is 9.59 Å². The standard InChI is InChI=1S/C15H13F3N2O4/c1-9(19-14(22)12-6-3-7-23-12)13(21)20-10-4-2-5-11(8-10)24-15(16,17)18/h2-9H,1H3,(H,19,22)(H,20,21). The summed E-state index contributed by atoms with van der Waals surface area (Å²) in [6.45, 7) is 1.42. The molecule has 0 spiro atoms. The summed E-state index contributed by atoms with van der Waals surface area (Å²) in [6, 6.07) is 6.82. The van der Waals surface area contributed by atoms with Gasteiger partial charge in [-0.2, -0.15) is 0 Å². The van der Waals surface area contributed by atoms with Crippen LogP contribution in [0.5, 0.6) is 5.75 Å². The number of hydrogen-bond donors (Lipinski definition) is 2. The quantitative estimate of drug-likeness (QED) is 0.875. The van der Waals surface area contributed by atoms with E-state index < -0.39 is 30.0 Å². The van der Waals surface area contributed by atoms with Crippen LogP contribution in [-0.2, 0) is 4.79 Å². The minimum atomic E-state index is -4.83. The predicted molar refractivity (Wildman–Crippen MR) is 77.4 cm³/mol. The molecule has 2 amide bonds. The van der Waals surface area contributed by atoms with Gasteiger partial charge in [0.15, 0.2) is 5.76 Å². The minimum Gasteiger partial charge on any atom is -0.459 e. The Morgan fingerprint density at radius 3 is 2.58 bits per heavy atom. The molecule has 1 aromatic heterocycles. The fourth-order valence-corrected chi connectivity index (χ4v) is 1.76. The number of anilines is 1. The Labute approximate surface area is 134 Å². The van der Waals surface area contributed by atoms with Crippen LogP contribution in [-0.4, -0.2) is 24.2 Å². The van der Waals surface area contributed by atoms with Crippen molar-refractivity contribution in [2.45, 2.75) is 19.3 Å². The van der Waals surface area contributed by atoms with Gasteiger partial charge in [0.1, 0.15) is 11.8 Å². The summed E-state index contributed by atoms with van der Waals surface area (Å²) in [5, 5.41) is 4.79. The molecule has 0 aliphatic carbocycles. The SMILES string of the molecule is CC(NC(=O)c1ccco1)C(=O)Nc1cccc(OC(F)(F)F)c1. The van der Waals surface area contributed by atoms with E-state index in [1.54, 1.807) is 0 Å². The van der Waals surface area contributed by atoms with Gasteiger partial charge in [0.05, 0.1) is 6.26 Å².